The number of imidazole rings is 1. The first-order valence-electron chi connectivity index (χ1n) is 6.47. The number of nitrogens with zero attached hydrogens (tertiary/aromatic N) is 3. The Hall–Kier alpha value is -2.40. The van der Waals surface area contributed by atoms with Gasteiger partial charge in [-0.2, -0.15) is 0 Å². The van der Waals surface area contributed by atoms with Gasteiger partial charge < -0.3 is 14.2 Å². The molecule has 102 valence electrons. The maximum atomic E-state index is 10.4. The number of rotatable bonds is 4. The average Bonchev–Trinajstić information content (AvgIpc) is 2.91. The Morgan fingerprint density at radius 1 is 1.35 bits per heavy atom. The van der Waals surface area contributed by atoms with Crippen LogP contribution >= 0.6 is 0 Å². The molecule has 3 aromatic rings. The summed E-state index contributed by atoms with van der Waals surface area (Å²) in [5.41, 5.74) is 2.06. The minimum absolute atomic E-state index is 0.565. The Kier molecular flexibility index (Phi) is 3.35. The SMILES string of the molecule is CCOc1cncc(C(O)c2cn3ccccc3n2)c1. The van der Waals surface area contributed by atoms with Crippen LogP contribution < -0.4 is 4.74 Å². The van der Waals surface area contributed by atoms with Crippen LogP contribution in [0.4, 0.5) is 0 Å². The lowest BCUT2D eigenvalue weighted by atomic mass is 10.1. The smallest absolute Gasteiger partial charge is 0.137 e. The summed E-state index contributed by atoms with van der Waals surface area (Å²) in [7, 11) is 0. The van der Waals surface area contributed by atoms with E-state index in [0.29, 0.717) is 23.6 Å². The summed E-state index contributed by atoms with van der Waals surface area (Å²) >= 11 is 0. The molecule has 3 heterocycles. The van der Waals surface area contributed by atoms with E-state index >= 15 is 0 Å². The van der Waals surface area contributed by atoms with Gasteiger partial charge in [0, 0.05) is 24.2 Å². The van der Waals surface area contributed by atoms with E-state index in [1.807, 2.05) is 41.9 Å². The van der Waals surface area contributed by atoms with E-state index in [-0.39, 0.29) is 0 Å². The lowest BCUT2D eigenvalue weighted by Crippen LogP contribution is -2.02. The van der Waals surface area contributed by atoms with Crippen molar-refractivity contribution in [1.82, 2.24) is 14.4 Å². The Labute approximate surface area is 116 Å². The second kappa shape index (κ2) is 5.30. The van der Waals surface area contributed by atoms with Crippen molar-refractivity contribution in [2.24, 2.45) is 0 Å². The van der Waals surface area contributed by atoms with Crippen molar-refractivity contribution < 1.29 is 9.84 Å². The van der Waals surface area contributed by atoms with E-state index in [4.69, 9.17) is 4.74 Å². The molecule has 0 amide bonds. The van der Waals surface area contributed by atoms with E-state index in [2.05, 4.69) is 9.97 Å². The zero-order chi connectivity index (χ0) is 13.9. The highest BCUT2D eigenvalue weighted by Crippen LogP contribution is 2.23. The highest BCUT2D eigenvalue weighted by molar-refractivity contribution is 5.41. The van der Waals surface area contributed by atoms with Gasteiger partial charge in [0.1, 0.15) is 17.5 Å². The number of hydrogen-bond acceptors (Lipinski definition) is 4. The molecule has 0 aliphatic heterocycles. The Morgan fingerprint density at radius 3 is 3.05 bits per heavy atom. The van der Waals surface area contributed by atoms with E-state index in [1.165, 1.54) is 0 Å². The standard InChI is InChI=1S/C15H15N3O2/c1-2-20-12-7-11(8-16-9-12)15(19)13-10-18-6-4-3-5-14(18)17-13/h3-10,15,19H,2H2,1H3. The van der Waals surface area contributed by atoms with Gasteiger partial charge in [-0.3, -0.25) is 4.98 Å². The highest BCUT2D eigenvalue weighted by Gasteiger charge is 2.15. The predicted octanol–water partition coefficient (Wildman–Crippen LogP) is 2.21. The number of ether oxygens (including phenoxy) is 1. The Morgan fingerprint density at radius 2 is 2.25 bits per heavy atom. The van der Waals surface area contributed by atoms with Crippen LogP contribution in [-0.2, 0) is 0 Å². The molecular formula is C15H15N3O2. The summed E-state index contributed by atoms with van der Waals surface area (Å²) in [5.74, 6) is 0.646. The maximum absolute atomic E-state index is 10.4. The molecule has 0 aliphatic rings. The summed E-state index contributed by atoms with van der Waals surface area (Å²) in [6.45, 7) is 2.47. The van der Waals surface area contributed by atoms with E-state index in [0.717, 1.165) is 5.65 Å². The van der Waals surface area contributed by atoms with Gasteiger partial charge in [-0.15, -0.1) is 0 Å². The molecule has 0 bridgehead atoms. The Balaban J connectivity index is 1.94. The third-order valence-corrected chi connectivity index (χ3v) is 3.02. The molecule has 0 aromatic carbocycles. The number of aromatic nitrogens is 3. The summed E-state index contributed by atoms with van der Waals surface area (Å²) in [6, 6.07) is 7.51. The van der Waals surface area contributed by atoms with E-state index < -0.39 is 6.10 Å². The van der Waals surface area contributed by atoms with Gasteiger partial charge in [0.2, 0.25) is 0 Å². The largest absolute Gasteiger partial charge is 0.492 e. The van der Waals surface area contributed by atoms with Gasteiger partial charge in [0.15, 0.2) is 0 Å². The fourth-order valence-corrected chi connectivity index (χ4v) is 2.09. The Bertz CT molecular complexity index is 691. The first kappa shape index (κ1) is 12.6. The molecule has 20 heavy (non-hydrogen) atoms. The molecule has 3 aromatic heterocycles. The molecule has 0 saturated carbocycles. The molecule has 5 nitrogen and oxygen atoms in total. The number of aliphatic hydroxyl groups excluding tert-OH is 1. The third kappa shape index (κ3) is 2.35. The van der Waals surface area contributed by atoms with Crippen molar-refractivity contribution in [3.8, 4) is 5.75 Å². The first-order valence-corrected chi connectivity index (χ1v) is 6.47. The van der Waals surface area contributed by atoms with Crippen LogP contribution in [0.1, 0.15) is 24.3 Å². The number of hydrogen-bond donors (Lipinski definition) is 1. The molecule has 0 radical (unpaired) electrons. The van der Waals surface area contributed by atoms with Crippen LogP contribution in [0, 0.1) is 0 Å². The zero-order valence-corrected chi connectivity index (χ0v) is 11.1. The van der Waals surface area contributed by atoms with Gasteiger partial charge in [0.25, 0.3) is 0 Å². The van der Waals surface area contributed by atoms with Crippen LogP contribution in [-0.4, -0.2) is 26.1 Å². The molecule has 1 N–H and O–H groups in total. The minimum Gasteiger partial charge on any atom is -0.492 e. The average molecular weight is 269 g/mol. The molecule has 1 atom stereocenters. The van der Waals surface area contributed by atoms with Crippen LogP contribution in [0.3, 0.4) is 0 Å². The molecule has 3 rings (SSSR count). The first-order chi connectivity index (χ1) is 9.78. The zero-order valence-electron chi connectivity index (χ0n) is 11.1. The van der Waals surface area contributed by atoms with Crippen LogP contribution in [0.15, 0.2) is 49.1 Å². The lowest BCUT2D eigenvalue weighted by Gasteiger charge is -2.09. The quantitative estimate of drug-likeness (QED) is 0.789. The van der Waals surface area contributed by atoms with Crippen molar-refractivity contribution in [3.63, 3.8) is 0 Å². The van der Waals surface area contributed by atoms with Gasteiger partial charge in [0.05, 0.1) is 18.5 Å². The van der Waals surface area contributed by atoms with Crippen molar-refractivity contribution in [1.29, 1.82) is 0 Å². The minimum atomic E-state index is -0.817. The van der Waals surface area contributed by atoms with Gasteiger partial charge in [-0.25, -0.2) is 4.98 Å². The normalized spacial score (nSPS) is 12.5. The molecule has 0 saturated heterocycles. The molecule has 5 heteroatoms. The van der Waals surface area contributed by atoms with Crippen molar-refractivity contribution in [2.75, 3.05) is 6.61 Å². The summed E-state index contributed by atoms with van der Waals surface area (Å²) in [4.78, 5) is 8.49. The van der Waals surface area contributed by atoms with E-state index in [1.54, 1.807) is 18.5 Å². The highest BCUT2D eigenvalue weighted by atomic mass is 16.5. The fraction of sp³-hybridized carbons (Fsp3) is 0.200. The topological polar surface area (TPSA) is 59.7 Å². The predicted molar refractivity (Wildman–Crippen MR) is 74.7 cm³/mol. The molecule has 0 aliphatic carbocycles. The van der Waals surface area contributed by atoms with Crippen molar-refractivity contribution in [3.05, 3.63) is 60.3 Å². The summed E-state index contributed by atoms with van der Waals surface area (Å²) in [6.07, 6.45) is 6.14. The van der Waals surface area contributed by atoms with E-state index in [9.17, 15) is 5.11 Å². The van der Waals surface area contributed by atoms with Gasteiger partial charge in [-0.05, 0) is 25.1 Å². The molecule has 1 unspecified atom stereocenters. The maximum Gasteiger partial charge on any atom is 0.137 e. The van der Waals surface area contributed by atoms with Crippen LogP contribution in [0.2, 0.25) is 0 Å². The second-order valence-corrected chi connectivity index (χ2v) is 4.42. The van der Waals surface area contributed by atoms with Gasteiger partial charge in [-0.1, -0.05) is 6.07 Å². The van der Waals surface area contributed by atoms with Crippen LogP contribution in [0.5, 0.6) is 5.75 Å². The van der Waals surface area contributed by atoms with Crippen molar-refractivity contribution in [2.45, 2.75) is 13.0 Å². The summed E-state index contributed by atoms with van der Waals surface area (Å²) in [5, 5.41) is 10.4. The third-order valence-electron chi connectivity index (χ3n) is 3.02. The number of aliphatic hydroxyl groups is 1. The second-order valence-electron chi connectivity index (χ2n) is 4.42. The van der Waals surface area contributed by atoms with Gasteiger partial charge >= 0.3 is 0 Å². The number of fused-ring (bicyclic) bond motifs is 1. The summed E-state index contributed by atoms with van der Waals surface area (Å²) < 4.78 is 7.27. The molecule has 0 spiro atoms. The van der Waals surface area contributed by atoms with Crippen molar-refractivity contribution >= 4 is 5.65 Å². The monoisotopic (exact) mass is 269 g/mol. The fourth-order valence-electron chi connectivity index (χ4n) is 2.09. The lowest BCUT2D eigenvalue weighted by molar-refractivity contribution is 0.214. The van der Waals surface area contributed by atoms with Crippen LogP contribution in [0.25, 0.3) is 5.65 Å². The number of pyridine rings is 2. The molecule has 0 fully saturated rings. The molecular weight excluding hydrogens is 254 g/mol.